The molecular weight excluding hydrogens is 687 g/mol. The maximum atomic E-state index is 7.06. The number of benzene rings is 9. The average Bonchev–Trinajstić information content (AvgIpc) is 3.83. The zero-order chi connectivity index (χ0) is 36.3. The van der Waals surface area contributed by atoms with Crippen LogP contribution in [0.2, 0.25) is 0 Å². The van der Waals surface area contributed by atoms with Crippen LogP contribution in [0, 0.1) is 0 Å². The van der Waals surface area contributed by atoms with Gasteiger partial charge in [0, 0.05) is 48.1 Å². The Balaban J connectivity index is 1.17. The maximum Gasteiger partial charge on any atom is 0.144 e. The summed E-state index contributed by atoms with van der Waals surface area (Å²) < 4.78 is 9.63. The molecule has 0 unspecified atom stereocenters. The van der Waals surface area contributed by atoms with Crippen molar-refractivity contribution >= 4 is 81.3 Å². The third-order valence-electron chi connectivity index (χ3n) is 10.9. The summed E-state index contributed by atoms with van der Waals surface area (Å²) in [5, 5.41) is 7.13. The molecule has 0 amide bonds. The highest BCUT2D eigenvalue weighted by Crippen LogP contribution is 2.49. The normalized spacial score (nSPS) is 11.6. The van der Waals surface area contributed by atoms with Gasteiger partial charge < -0.3 is 9.32 Å². The Morgan fingerprint density at radius 2 is 0.982 bits per heavy atom. The molecule has 0 atom stereocenters. The van der Waals surface area contributed by atoms with Crippen molar-refractivity contribution in [1.29, 1.82) is 0 Å². The number of nitrogens with zero attached hydrogens (tertiary/aromatic N) is 1. The fraction of sp³-hybridized carbons (Fsp3) is 0. The zero-order valence-electron chi connectivity index (χ0n) is 29.8. The summed E-state index contributed by atoms with van der Waals surface area (Å²) in [4.78, 5) is 2.38. The number of thiophene rings is 1. The number of rotatable bonds is 6. The van der Waals surface area contributed by atoms with Crippen molar-refractivity contribution in [2.45, 2.75) is 0 Å². The van der Waals surface area contributed by atoms with Crippen LogP contribution in [-0.2, 0) is 0 Å². The van der Waals surface area contributed by atoms with Gasteiger partial charge >= 0.3 is 0 Å². The summed E-state index contributed by atoms with van der Waals surface area (Å²) in [7, 11) is 0. The summed E-state index contributed by atoms with van der Waals surface area (Å²) in [5.41, 5.74) is 12.1. The monoisotopic (exact) mass is 719 g/mol. The molecule has 0 saturated carbocycles. The molecule has 0 saturated heterocycles. The fourth-order valence-corrected chi connectivity index (χ4v) is 9.52. The molecule has 0 aliphatic rings. The lowest BCUT2D eigenvalue weighted by atomic mass is 9.94. The van der Waals surface area contributed by atoms with Crippen LogP contribution in [0.15, 0.2) is 205 Å². The molecule has 0 radical (unpaired) electrons. The van der Waals surface area contributed by atoms with Crippen LogP contribution in [0.25, 0.3) is 86.3 Å². The van der Waals surface area contributed by atoms with Gasteiger partial charge in [-0.15, -0.1) is 11.3 Å². The minimum atomic E-state index is 0.861. The molecule has 0 aliphatic carbocycles. The molecular formula is C52H33NOS. The van der Waals surface area contributed by atoms with E-state index in [0.717, 1.165) is 44.6 Å². The van der Waals surface area contributed by atoms with Crippen LogP contribution in [0.3, 0.4) is 0 Å². The molecule has 11 rings (SSSR count). The summed E-state index contributed by atoms with van der Waals surface area (Å²) in [6.07, 6.45) is 0. The van der Waals surface area contributed by atoms with E-state index in [1.54, 1.807) is 0 Å². The largest absolute Gasteiger partial charge is 0.455 e. The highest BCUT2D eigenvalue weighted by molar-refractivity contribution is 7.26. The van der Waals surface area contributed by atoms with Crippen molar-refractivity contribution in [2.75, 3.05) is 4.90 Å². The van der Waals surface area contributed by atoms with Crippen molar-refractivity contribution in [1.82, 2.24) is 0 Å². The molecule has 258 valence electrons. The highest BCUT2D eigenvalue weighted by Gasteiger charge is 2.24. The van der Waals surface area contributed by atoms with Crippen LogP contribution >= 0.6 is 11.3 Å². The number of fused-ring (bicyclic) bond motifs is 7. The third kappa shape index (κ3) is 5.24. The van der Waals surface area contributed by atoms with Crippen molar-refractivity contribution in [3.05, 3.63) is 200 Å². The van der Waals surface area contributed by atoms with Gasteiger partial charge in [0.25, 0.3) is 0 Å². The fourth-order valence-electron chi connectivity index (χ4n) is 8.30. The van der Waals surface area contributed by atoms with Crippen molar-refractivity contribution in [3.63, 3.8) is 0 Å². The van der Waals surface area contributed by atoms with E-state index < -0.39 is 0 Å². The summed E-state index contributed by atoms with van der Waals surface area (Å²) in [6.45, 7) is 0. The van der Waals surface area contributed by atoms with Crippen LogP contribution in [-0.4, -0.2) is 0 Å². The van der Waals surface area contributed by atoms with Gasteiger partial charge in [0.1, 0.15) is 11.2 Å². The molecule has 9 aromatic carbocycles. The second-order valence-electron chi connectivity index (χ2n) is 14.0. The van der Waals surface area contributed by atoms with Gasteiger partial charge in [-0.25, -0.2) is 0 Å². The summed E-state index contributed by atoms with van der Waals surface area (Å²) in [6, 6.07) is 71.9. The number of furan rings is 1. The van der Waals surface area contributed by atoms with Gasteiger partial charge in [-0.2, -0.15) is 0 Å². The number of anilines is 3. The number of hydrogen-bond donors (Lipinski definition) is 0. The van der Waals surface area contributed by atoms with Gasteiger partial charge in [0.05, 0.1) is 11.1 Å². The Kier molecular flexibility index (Phi) is 7.39. The van der Waals surface area contributed by atoms with Crippen LogP contribution < -0.4 is 4.90 Å². The molecule has 2 heterocycles. The Morgan fingerprint density at radius 3 is 1.67 bits per heavy atom. The van der Waals surface area contributed by atoms with E-state index in [1.807, 2.05) is 11.3 Å². The van der Waals surface area contributed by atoms with Gasteiger partial charge in [-0.1, -0.05) is 152 Å². The average molecular weight is 720 g/mol. The van der Waals surface area contributed by atoms with E-state index >= 15 is 0 Å². The van der Waals surface area contributed by atoms with Gasteiger partial charge in [-0.3, -0.25) is 0 Å². The highest BCUT2D eigenvalue weighted by atomic mass is 32.1. The smallest absolute Gasteiger partial charge is 0.144 e. The van der Waals surface area contributed by atoms with Crippen LogP contribution in [0.5, 0.6) is 0 Å². The first-order valence-corrected chi connectivity index (χ1v) is 19.5. The lowest BCUT2D eigenvalue weighted by Crippen LogP contribution is -2.10. The Bertz CT molecular complexity index is 3090. The molecule has 2 aromatic heterocycles. The lowest BCUT2D eigenvalue weighted by Gasteiger charge is -2.26. The molecule has 0 spiro atoms. The molecule has 55 heavy (non-hydrogen) atoms. The quantitative estimate of drug-likeness (QED) is 0.170. The predicted octanol–water partition coefficient (Wildman–Crippen LogP) is 15.6. The maximum absolute atomic E-state index is 7.06. The first-order valence-electron chi connectivity index (χ1n) is 18.7. The zero-order valence-corrected chi connectivity index (χ0v) is 30.6. The second kappa shape index (κ2) is 12.9. The summed E-state index contributed by atoms with van der Waals surface area (Å²) in [5.74, 6) is 0. The van der Waals surface area contributed by atoms with E-state index in [1.165, 1.54) is 58.8 Å². The van der Waals surface area contributed by atoms with Crippen LogP contribution in [0.4, 0.5) is 17.1 Å². The minimum absolute atomic E-state index is 0.861. The van der Waals surface area contributed by atoms with E-state index in [9.17, 15) is 0 Å². The third-order valence-corrected chi connectivity index (χ3v) is 12.1. The Morgan fingerprint density at radius 1 is 0.418 bits per heavy atom. The lowest BCUT2D eigenvalue weighted by molar-refractivity contribution is 0.670. The first kappa shape index (κ1) is 31.6. The Labute approximate surface area is 322 Å². The molecule has 11 aromatic rings. The molecule has 0 bridgehead atoms. The van der Waals surface area contributed by atoms with Crippen molar-refractivity contribution in [3.8, 4) is 33.4 Å². The molecule has 0 fully saturated rings. The van der Waals surface area contributed by atoms with Gasteiger partial charge in [0.15, 0.2) is 0 Å². The first-order chi connectivity index (χ1) is 27.3. The van der Waals surface area contributed by atoms with Gasteiger partial charge in [-0.05, 0) is 81.6 Å². The summed E-state index contributed by atoms with van der Waals surface area (Å²) >= 11 is 1.86. The van der Waals surface area contributed by atoms with E-state index in [2.05, 4.69) is 205 Å². The minimum Gasteiger partial charge on any atom is -0.455 e. The second-order valence-corrected chi connectivity index (χ2v) is 15.1. The van der Waals surface area contributed by atoms with E-state index in [0.29, 0.717) is 0 Å². The van der Waals surface area contributed by atoms with Crippen molar-refractivity contribution < 1.29 is 4.42 Å². The van der Waals surface area contributed by atoms with Gasteiger partial charge in [0.2, 0.25) is 0 Å². The molecule has 0 N–H and O–H groups in total. The molecule has 3 heteroatoms. The molecule has 2 nitrogen and oxygen atoms in total. The standard InChI is InChI=1S/C52H33NOS/c1-3-13-34(14-4-1)36-25-29-39(30-26-36)53(40-31-27-37(28-32-40)35-15-5-2-6-16-35)46-22-12-23-47-50(46)45-33-38-17-7-8-18-41(38)49(51(45)54-47)44-21-11-20-43-42-19-9-10-24-48(42)55-52(43)44/h1-33H. The van der Waals surface area contributed by atoms with E-state index in [4.69, 9.17) is 4.42 Å². The van der Waals surface area contributed by atoms with Crippen LogP contribution in [0.1, 0.15) is 0 Å². The molecule has 0 aliphatic heterocycles. The topological polar surface area (TPSA) is 16.4 Å². The Hall–Kier alpha value is -6.94. The predicted molar refractivity (Wildman–Crippen MR) is 235 cm³/mol. The number of hydrogen-bond acceptors (Lipinski definition) is 3. The van der Waals surface area contributed by atoms with E-state index in [-0.39, 0.29) is 0 Å². The van der Waals surface area contributed by atoms with Crippen molar-refractivity contribution in [2.24, 2.45) is 0 Å². The SMILES string of the molecule is c1ccc(-c2ccc(N(c3ccc(-c4ccccc4)cc3)c3cccc4oc5c(-c6cccc7c6sc6ccccc67)c6ccccc6cc5c34)cc2)cc1.